The van der Waals surface area contributed by atoms with Gasteiger partial charge in [-0.2, -0.15) is 0 Å². The minimum atomic E-state index is -1.72. The molecule has 0 aliphatic heterocycles. The van der Waals surface area contributed by atoms with Crippen LogP contribution >= 0.6 is 0 Å². The summed E-state index contributed by atoms with van der Waals surface area (Å²) in [6.07, 6.45) is 5.59. The van der Waals surface area contributed by atoms with Gasteiger partial charge in [0.15, 0.2) is 8.32 Å². The van der Waals surface area contributed by atoms with E-state index < -0.39 is 8.32 Å². The van der Waals surface area contributed by atoms with Crippen LogP contribution in [0.25, 0.3) is 0 Å². The fraction of sp³-hybridized carbons (Fsp3) is 0.667. The van der Waals surface area contributed by atoms with Gasteiger partial charge in [0.1, 0.15) is 0 Å². The molecule has 1 aromatic rings. The molecule has 0 saturated carbocycles. The molecule has 0 fully saturated rings. The van der Waals surface area contributed by atoms with Crippen molar-refractivity contribution >= 4 is 14.3 Å². The average Bonchev–Trinajstić information content (AvgIpc) is 2.45. The van der Waals surface area contributed by atoms with Crippen LogP contribution in [0.15, 0.2) is 18.5 Å². The summed E-state index contributed by atoms with van der Waals surface area (Å²) in [6, 6.07) is 1.99. The van der Waals surface area contributed by atoms with Crippen LogP contribution in [0.3, 0.4) is 0 Å². The minimum Gasteiger partial charge on any atom is -0.466 e. The molecule has 4 nitrogen and oxygen atoms in total. The fourth-order valence-corrected chi connectivity index (χ4v) is 3.07. The van der Waals surface area contributed by atoms with Crippen LogP contribution in [0.4, 0.5) is 0 Å². The number of aryl methyl sites for hydroxylation is 1. The summed E-state index contributed by atoms with van der Waals surface area (Å²) in [5.41, 5.74) is 2.32. The number of ether oxygens (including phenoxy) is 1. The van der Waals surface area contributed by atoms with Crippen LogP contribution in [-0.4, -0.2) is 32.5 Å². The van der Waals surface area contributed by atoms with Crippen LogP contribution in [0.2, 0.25) is 18.1 Å². The van der Waals surface area contributed by atoms with E-state index in [0.717, 1.165) is 17.5 Å². The van der Waals surface area contributed by atoms with E-state index in [1.54, 1.807) is 6.20 Å². The SMILES string of the molecule is CCOC(=O)CCc1ccncc1CCO[Si](C)(C)C(C)(C)C. The van der Waals surface area contributed by atoms with Gasteiger partial charge < -0.3 is 9.16 Å². The molecule has 23 heavy (non-hydrogen) atoms. The topological polar surface area (TPSA) is 48.4 Å². The molecule has 1 rings (SSSR count). The Morgan fingerprint density at radius 3 is 2.52 bits per heavy atom. The first-order valence-corrected chi connectivity index (χ1v) is 11.3. The lowest BCUT2D eigenvalue weighted by Crippen LogP contribution is -2.41. The summed E-state index contributed by atoms with van der Waals surface area (Å²) in [4.78, 5) is 15.7. The number of carbonyl (C=O) groups is 1. The van der Waals surface area contributed by atoms with E-state index in [9.17, 15) is 4.79 Å². The lowest BCUT2D eigenvalue weighted by molar-refractivity contribution is -0.143. The van der Waals surface area contributed by atoms with Gasteiger partial charge in [0.2, 0.25) is 0 Å². The minimum absolute atomic E-state index is 0.146. The van der Waals surface area contributed by atoms with E-state index in [0.29, 0.717) is 26.1 Å². The molecule has 0 bridgehead atoms. The highest BCUT2D eigenvalue weighted by molar-refractivity contribution is 6.74. The van der Waals surface area contributed by atoms with E-state index in [1.807, 2.05) is 19.2 Å². The smallest absolute Gasteiger partial charge is 0.306 e. The molecule has 0 unspecified atom stereocenters. The van der Waals surface area contributed by atoms with E-state index in [-0.39, 0.29) is 11.0 Å². The number of carbonyl (C=O) groups excluding carboxylic acids is 1. The summed E-state index contributed by atoms with van der Waals surface area (Å²) in [6.45, 7) is 14.2. The quantitative estimate of drug-likeness (QED) is 0.528. The van der Waals surface area contributed by atoms with Crippen molar-refractivity contribution in [2.45, 2.75) is 65.1 Å². The number of aromatic nitrogens is 1. The first-order valence-electron chi connectivity index (χ1n) is 8.38. The molecule has 5 heteroatoms. The first-order chi connectivity index (χ1) is 10.7. The number of hydrogen-bond donors (Lipinski definition) is 0. The fourth-order valence-electron chi connectivity index (χ4n) is 2.03. The third kappa shape index (κ3) is 6.43. The van der Waals surface area contributed by atoms with Gasteiger partial charge in [-0.05, 0) is 55.1 Å². The molecule has 1 heterocycles. The molecule has 0 aliphatic rings. The van der Waals surface area contributed by atoms with Crippen molar-refractivity contribution < 1.29 is 14.0 Å². The lowest BCUT2D eigenvalue weighted by Gasteiger charge is -2.36. The highest BCUT2D eigenvalue weighted by Gasteiger charge is 2.36. The Morgan fingerprint density at radius 2 is 1.91 bits per heavy atom. The van der Waals surface area contributed by atoms with Gasteiger partial charge in [0.05, 0.1) is 6.61 Å². The maximum absolute atomic E-state index is 11.5. The summed E-state index contributed by atoms with van der Waals surface area (Å²) >= 11 is 0. The normalized spacial score (nSPS) is 12.3. The van der Waals surface area contributed by atoms with Crippen molar-refractivity contribution in [1.29, 1.82) is 0 Å². The molecule has 0 amide bonds. The van der Waals surface area contributed by atoms with E-state index in [4.69, 9.17) is 9.16 Å². The highest BCUT2D eigenvalue weighted by atomic mass is 28.4. The molecule has 0 N–H and O–H groups in total. The molecule has 0 radical (unpaired) electrons. The molecule has 130 valence electrons. The summed E-state index contributed by atoms with van der Waals surface area (Å²) in [7, 11) is -1.72. The molecule has 1 aromatic heterocycles. The van der Waals surface area contributed by atoms with Crippen LogP contribution in [-0.2, 0) is 26.8 Å². The Morgan fingerprint density at radius 1 is 1.22 bits per heavy atom. The van der Waals surface area contributed by atoms with Gasteiger partial charge in [-0.25, -0.2) is 0 Å². The molecule has 0 saturated heterocycles. The summed E-state index contributed by atoms with van der Waals surface area (Å²) in [5.74, 6) is -0.146. The number of pyridine rings is 1. The van der Waals surface area contributed by atoms with Gasteiger partial charge in [-0.15, -0.1) is 0 Å². The Labute approximate surface area is 141 Å². The van der Waals surface area contributed by atoms with Crippen LogP contribution < -0.4 is 0 Å². The van der Waals surface area contributed by atoms with Gasteiger partial charge in [-0.3, -0.25) is 9.78 Å². The second-order valence-electron chi connectivity index (χ2n) is 7.31. The standard InChI is InChI=1S/C18H31NO3Si/c1-7-21-17(20)9-8-15-10-12-19-14-16(15)11-13-22-23(5,6)18(2,3)4/h10,12,14H,7-9,11,13H2,1-6H3. The third-order valence-electron chi connectivity index (χ3n) is 4.55. The number of esters is 1. The summed E-state index contributed by atoms with van der Waals surface area (Å²) < 4.78 is 11.2. The highest BCUT2D eigenvalue weighted by Crippen LogP contribution is 2.36. The Kier molecular flexibility index (Phi) is 7.41. The Bertz CT molecular complexity index is 509. The first kappa shape index (κ1) is 19.8. The lowest BCUT2D eigenvalue weighted by atomic mass is 10.0. The van der Waals surface area contributed by atoms with Gasteiger partial charge in [0, 0.05) is 25.4 Å². The Hall–Kier alpha value is -1.20. The van der Waals surface area contributed by atoms with E-state index in [2.05, 4.69) is 38.8 Å². The largest absolute Gasteiger partial charge is 0.466 e. The van der Waals surface area contributed by atoms with Gasteiger partial charge >= 0.3 is 5.97 Å². The maximum atomic E-state index is 11.5. The van der Waals surface area contributed by atoms with Crippen LogP contribution in [0.1, 0.15) is 45.2 Å². The molecule has 0 spiro atoms. The number of rotatable bonds is 8. The Balaban J connectivity index is 2.59. The van der Waals surface area contributed by atoms with E-state index in [1.165, 1.54) is 0 Å². The predicted molar refractivity (Wildman–Crippen MR) is 96.0 cm³/mol. The zero-order chi connectivity index (χ0) is 17.5. The maximum Gasteiger partial charge on any atom is 0.306 e. The van der Waals surface area contributed by atoms with Crippen molar-refractivity contribution in [2.24, 2.45) is 0 Å². The van der Waals surface area contributed by atoms with Crippen molar-refractivity contribution in [1.82, 2.24) is 4.98 Å². The van der Waals surface area contributed by atoms with Crippen LogP contribution in [0, 0.1) is 0 Å². The average molecular weight is 338 g/mol. The molecule has 0 aromatic carbocycles. The zero-order valence-electron chi connectivity index (χ0n) is 15.4. The van der Waals surface area contributed by atoms with Crippen LogP contribution in [0.5, 0.6) is 0 Å². The molecule has 0 atom stereocenters. The number of nitrogens with zero attached hydrogens (tertiary/aromatic N) is 1. The second-order valence-corrected chi connectivity index (χ2v) is 12.1. The number of hydrogen-bond acceptors (Lipinski definition) is 4. The predicted octanol–water partition coefficient (Wildman–Crippen LogP) is 4.14. The monoisotopic (exact) mass is 337 g/mol. The summed E-state index contributed by atoms with van der Waals surface area (Å²) in [5, 5.41) is 0.217. The van der Waals surface area contributed by atoms with Crippen molar-refractivity contribution in [3.63, 3.8) is 0 Å². The van der Waals surface area contributed by atoms with Gasteiger partial charge in [0.25, 0.3) is 0 Å². The zero-order valence-corrected chi connectivity index (χ0v) is 16.4. The molecule has 0 aliphatic carbocycles. The third-order valence-corrected chi connectivity index (χ3v) is 9.09. The van der Waals surface area contributed by atoms with Crippen molar-refractivity contribution in [3.05, 3.63) is 29.6 Å². The second kappa shape index (κ2) is 8.59. The van der Waals surface area contributed by atoms with Crippen molar-refractivity contribution in [3.8, 4) is 0 Å². The van der Waals surface area contributed by atoms with Crippen molar-refractivity contribution in [2.75, 3.05) is 13.2 Å². The van der Waals surface area contributed by atoms with Gasteiger partial charge in [-0.1, -0.05) is 20.8 Å². The molecular formula is C18H31NO3Si. The van der Waals surface area contributed by atoms with E-state index >= 15 is 0 Å². The molecular weight excluding hydrogens is 306 g/mol.